The van der Waals surface area contributed by atoms with Crippen LogP contribution in [0.5, 0.6) is 0 Å². The molecule has 0 spiro atoms. The molecule has 1 heterocycles. The molecule has 0 amide bonds. The lowest BCUT2D eigenvalue weighted by Crippen LogP contribution is -2.25. The normalized spacial score (nSPS) is 17.3. The molecule has 0 N–H and O–H groups in total. The summed E-state index contributed by atoms with van der Waals surface area (Å²) in [4.78, 5) is 12.2. The first-order valence-electron chi connectivity index (χ1n) is 7.94. The van der Waals surface area contributed by atoms with Gasteiger partial charge in [-0.3, -0.25) is 4.31 Å². The van der Waals surface area contributed by atoms with E-state index in [0.29, 0.717) is 29.8 Å². The van der Waals surface area contributed by atoms with Gasteiger partial charge in [-0.05, 0) is 55.3 Å². The lowest BCUT2D eigenvalue weighted by Gasteiger charge is -2.17. The molecule has 0 aromatic heterocycles. The van der Waals surface area contributed by atoms with Gasteiger partial charge in [-0.1, -0.05) is 12.1 Å². The van der Waals surface area contributed by atoms with Crippen LogP contribution in [0.25, 0.3) is 0 Å². The Labute approximate surface area is 146 Å². The fourth-order valence-corrected chi connectivity index (χ4v) is 4.29. The van der Waals surface area contributed by atoms with Gasteiger partial charge in [-0.25, -0.2) is 17.6 Å². The fourth-order valence-electron chi connectivity index (χ4n) is 2.72. The number of hydrogen-bond acceptors (Lipinski definition) is 4. The van der Waals surface area contributed by atoms with Crippen molar-refractivity contribution in [1.82, 2.24) is 0 Å². The lowest BCUT2D eigenvalue weighted by molar-refractivity contribution is 0.0338. The summed E-state index contributed by atoms with van der Waals surface area (Å²) < 4.78 is 43.5. The van der Waals surface area contributed by atoms with Crippen LogP contribution in [0.2, 0.25) is 0 Å². The van der Waals surface area contributed by atoms with E-state index in [0.717, 1.165) is 0 Å². The highest BCUT2D eigenvalue weighted by Gasteiger charge is 2.28. The molecule has 1 saturated heterocycles. The maximum atomic E-state index is 12.9. The smallest absolute Gasteiger partial charge is 0.338 e. The quantitative estimate of drug-likeness (QED) is 0.782. The number of hydrogen-bond donors (Lipinski definition) is 0. The van der Waals surface area contributed by atoms with Gasteiger partial charge < -0.3 is 4.74 Å². The van der Waals surface area contributed by atoms with Crippen LogP contribution in [0.4, 0.5) is 10.1 Å². The molecule has 1 atom stereocenters. The molecular weight excluding hydrogens is 345 g/mol. The summed E-state index contributed by atoms with van der Waals surface area (Å²) in [6, 6.07) is 12.0. The van der Waals surface area contributed by atoms with Crippen LogP contribution in [-0.4, -0.2) is 26.7 Å². The monoisotopic (exact) mass is 363 g/mol. The predicted molar refractivity (Wildman–Crippen MR) is 92.4 cm³/mol. The van der Waals surface area contributed by atoms with Crippen LogP contribution >= 0.6 is 0 Å². The van der Waals surface area contributed by atoms with E-state index in [1.807, 2.05) is 0 Å². The van der Waals surface area contributed by atoms with Crippen molar-refractivity contribution in [2.45, 2.75) is 19.4 Å². The van der Waals surface area contributed by atoms with Crippen LogP contribution in [-0.2, 0) is 14.8 Å². The van der Waals surface area contributed by atoms with E-state index in [4.69, 9.17) is 4.74 Å². The summed E-state index contributed by atoms with van der Waals surface area (Å²) in [6.45, 7) is 2.16. The first kappa shape index (κ1) is 17.4. The summed E-state index contributed by atoms with van der Waals surface area (Å²) >= 11 is 0. The molecule has 1 fully saturated rings. The Bertz CT molecular complexity index is 863. The van der Waals surface area contributed by atoms with Gasteiger partial charge in [-0.2, -0.15) is 0 Å². The maximum absolute atomic E-state index is 12.9. The first-order valence-corrected chi connectivity index (χ1v) is 9.55. The number of nitrogens with zero attached hydrogens (tertiary/aromatic N) is 1. The molecule has 132 valence electrons. The largest absolute Gasteiger partial charge is 0.454 e. The molecule has 1 aliphatic rings. The molecule has 2 aromatic carbocycles. The van der Waals surface area contributed by atoms with Crippen LogP contribution < -0.4 is 4.31 Å². The third-order valence-electron chi connectivity index (χ3n) is 4.11. The van der Waals surface area contributed by atoms with E-state index >= 15 is 0 Å². The van der Waals surface area contributed by atoms with Crippen LogP contribution in [0.3, 0.4) is 0 Å². The van der Waals surface area contributed by atoms with E-state index in [9.17, 15) is 17.6 Å². The molecule has 1 unspecified atom stereocenters. The third-order valence-corrected chi connectivity index (χ3v) is 5.98. The number of benzene rings is 2. The van der Waals surface area contributed by atoms with Crippen molar-refractivity contribution < 1.29 is 22.3 Å². The SMILES string of the molecule is CC(OC(=O)c1ccc(N2CCCS2(=O)=O)cc1)c1ccc(F)cc1. The standard InChI is InChI=1S/C18H18FNO4S/c1-13(14-3-7-16(19)8-4-14)24-18(21)15-5-9-17(10-6-15)20-11-2-12-25(20,22)23/h3-10,13H,2,11-12H2,1H3. The number of ether oxygens (including phenoxy) is 1. The molecule has 0 bridgehead atoms. The lowest BCUT2D eigenvalue weighted by atomic mass is 10.1. The first-order chi connectivity index (χ1) is 11.9. The fraction of sp³-hybridized carbons (Fsp3) is 0.278. The molecule has 1 aliphatic heterocycles. The van der Waals surface area contributed by atoms with Crippen molar-refractivity contribution in [2.24, 2.45) is 0 Å². The van der Waals surface area contributed by atoms with Gasteiger partial charge >= 0.3 is 5.97 Å². The van der Waals surface area contributed by atoms with E-state index in [2.05, 4.69) is 0 Å². The number of esters is 1. The minimum atomic E-state index is -3.25. The van der Waals surface area contributed by atoms with Gasteiger partial charge in [0.25, 0.3) is 0 Å². The second-order valence-electron chi connectivity index (χ2n) is 5.89. The summed E-state index contributed by atoms with van der Waals surface area (Å²) in [5.74, 6) is -0.728. The van der Waals surface area contributed by atoms with Gasteiger partial charge in [0.2, 0.25) is 10.0 Å². The van der Waals surface area contributed by atoms with Crippen molar-refractivity contribution >= 4 is 21.7 Å². The second-order valence-corrected chi connectivity index (χ2v) is 7.90. The number of sulfonamides is 1. The molecule has 0 aliphatic carbocycles. The van der Waals surface area contributed by atoms with Crippen molar-refractivity contribution in [1.29, 1.82) is 0 Å². The topological polar surface area (TPSA) is 63.7 Å². The van der Waals surface area contributed by atoms with Crippen molar-refractivity contribution in [2.75, 3.05) is 16.6 Å². The van der Waals surface area contributed by atoms with Crippen molar-refractivity contribution in [3.8, 4) is 0 Å². The van der Waals surface area contributed by atoms with Gasteiger partial charge in [-0.15, -0.1) is 0 Å². The summed E-state index contributed by atoms with van der Waals surface area (Å²) in [5.41, 5.74) is 1.56. The highest BCUT2D eigenvalue weighted by Crippen LogP contribution is 2.25. The van der Waals surface area contributed by atoms with E-state index in [1.54, 1.807) is 43.3 Å². The molecule has 5 nitrogen and oxygen atoms in total. The number of carbonyl (C=O) groups excluding carboxylic acids is 1. The Kier molecular flexibility index (Phi) is 4.76. The average Bonchev–Trinajstić information content (AvgIpc) is 2.94. The minimum absolute atomic E-state index is 0.145. The molecule has 0 saturated carbocycles. The highest BCUT2D eigenvalue weighted by molar-refractivity contribution is 7.93. The Morgan fingerprint density at radius 3 is 2.32 bits per heavy atom. The van der Waals surface area contributed by atoms with Crippen molar-refractivity contribution in [3.63, 3.8) is 0 Å². The third kappa shape index (κ3) is 3.82. The Balaban J connectivity index is 1.69. The van der Waals surface area contributed by atoms with Gasteiger partial charge in [0, 0.05) is 6.54 Å². The van der Waals surface area contributed by atoms with E-state index in [1.165, 1.54) is 16.4 Å². The number of halogens is 1. The maximum Gasteiger partial charge on any atom is 0.338 e. The van der Waals surface area contributed by atoms with Crippen LogP contribution in [0, 0.1) is 5.82 Å². The Hall–Kier alpha value is -2.41. The van der Waals surface area contributed by atoms with E-state index < -0.39 is 22.1 Å². The number of carbonyl (C=O) groups is 1. The highest BCUT2D eigenvalue weighted by atomic mass is 32.2. The summed E-state index contributed by atoms with van der Waals surface area (Å²) in [7, 11) is -3.25. The zero-order valence-corrected chi connectivity index (χ0v) is 14.5. The number of anilines is 1. The molecule has 0 radical (unpaired) electrons. The van der Waals surface area contributed by atoms with E-state index in [-0.39, 0.29) is 11.6 Å². The Morgan fingerprint density at radius 2 is 1.76 bits per heavy atom. The predicted octanol–water partition coefficient (Wildman–Crippen LogP) is 3.28. The molecule has 3 rings (SSSR count). The zero-order chi connectivity index (χ0) is 18.0. The van der Waals surface area contributed by atoms with Gasteiger partial charge in [0.15, 0.2) is 0 Å². The van der Waals surface area contributed by atoms with Crippen molar-refractivity contribution in [3.05, 3.63) is 65.5 Å². The molecule has 2 aromatic rings. The van der Waals surface area contributed by atoms with Crippen LogP contribution in [0.15, 0.2) is 48.5 Å². The number of rotatable bonds is 4. The van der Waals surface area contributed by atoms with Crippen LogP contribution in [0.1, 0.15) is 35.4 Å². The van der Waals surface area contributed by atoms with Gasteiger partial charge in [0.05, 0.1) is 17.0 Å². The summed E-state index contributed by atoms with van der Waals surface area (Å²) in [6.07, 6.45) is 0.0770. The second kappa shape index (κ2) is 6.84. The summed E-state index contributed by atoms with van der Waals surface area (Å²) in [5, 5.41) is 0. The average molecular weight is 363 g/mol. The molecular formula is C18H18FNO4S. The minimum Gasteiger partial charge on any atom is -0.454 e. The zero-order valence-electron chi connectivity index (χ0n) is 13.7. The Morgan fingerprint density at radius 1 is 1.12 bits per heavy atom. The van der Waals surface area contributed by atoms with Gasteiger partial charge in [0.1, 0.15) is 11.9 Å². The molecule has 25 heavy (non-hydrogen) atoms. The molecule has 7 heteroatoms.